The van der Waals surface area contributed by atoms with E-state index in [1.165, 1.54) is 12.0 Å². The van der Waals surface area contributed by atoms with Crippen molar-refractivity contribution >= 4 is 0 Å². The molecule has 112 valence electrons. The summed E-state index contributed by atoms with van der Waals surface area (Å²) in [4.78, 5) is 6.74. The van der Waals surface area contributed by atoms with Crippen molar-refractivity contribution < 1.29 is 0 Å². The van der Waals surface area contributed by atoms with E-state index in [0.717, 1.165) is 24.7 Å². The summed E-state index contributed by atoms with van der Waals surface area (Å²) in [5, 5.41) is 7.15. The molecule has 21 heavy (non-hydrogen) atoms. The van der Waals surface area contributed by atoms with E-state index >= 15 is 0 Å². The van der Waals surface area contributed by atoms with Crippen LogP contribution in [0.2, 0.25) is 0 Å². The van der Waals surface area contributed by atoms with Gasteiger partial charge in [-0.05, 0) is 31.4 Å². The minimum Gasteiger partial charge on any atom is -0.298 e. The van der Waals surface area contributed by atoms with Crippen molar-refractivity contribution in [3.8, 4) is 0 Å². The van der Waals surface area contributed by atoms with Crippen LogP contribution in [0.1, 0.15) is 37.5 Å². The van der Waals surface area contributed by atoms with Crippen molar-refractivity contribution in [2.45, 2.75) is 39.2 Å². The summed E-state index contributed by atoms with van der Waals surface area (Å²) in [7, 11) is 2.16. The fraction of sp³-hybridized carbons (Fsp3) is 0.529. The number of aromatic amines is 1. The predicted molar refractivity (Wildman–Crippen MR) is 84.0 cm³/mol. The Bertz CT molecular complexity index is 617. The van der Waals surface area contributed by atoms with E-state index in [0.29, 0.717) is 5.41 Å². The zero-order valence-electron chi connectivity index (χ0n) is 13.3. The quantitative estimate of drug-likeness (QED) is 0.918. The maximum absolute atomic E-state index is 4.40. The van der Waals surface area contributed by atoms with Crippen LogP contribution >= 0.6 is 0 Å². The van der Waals surface area contributed by atoms with Crippen molar-refractivity contribution in [3.63, 3.8) is 0 Å². The Kier molecular flexibility index (Phi) is 3.36. The Labute approximate surface area is 126 Å². The third-order valence-corrected chi connectivity index (χ3v) is 4.84. The zero-order valence-corrected chi connectivity index (χ0v) is 13.3. The van der Waals surface area contributed by atoms with E-state index in [1.807, 2.05) is 6.92 Å². The number of aromatic nitrogens is 3. The molecule has 4 nitrogen and oxygen atoms in total. The van der Waals surface area contributed by atoms with Crippen LogP contribution in [0, 0.1) is 12.3 Å². The summed E-state index contributed by atoms with van der Waals surface area (Å²) in [6, 6.07) is 10.9. The molecule has 0 saturated heterocycles. The average Bonchev–Trinajstić information content (AvgIpc) is 2.77. The second kappa shape index (κ2) is 4.95. The molecular weight excluding hydrogens is 260 g/mol. The molecule has 1 fully saturated rings. The van der Waals surface area contributed by atoms with Gasteiger partial charge in [0.05, 0.1) is 6.54 Å². The van der Waals surface area contributed by atoms with Gasteiger partial charge in [-0.3, -0.25) is 10.00 Å². The molecule has 0 radical (unpaired) electrons. The van der Waals surface area contributed by atoms with E-state index < -0.39 is 0 Å². The molecule has 0 amide bonds. The van der Waals surface area contributed by atoms with Gasteiger partial charge in [0.2, 0.25) is 0 Å². The Morgan fingerprint density at radius 1 is 1.24 bits per heavy atom. The summed E-state index contributed by atoms with van der Waals surface area (Å²) in [5.74, 6) is 1.75. The van der Waals surface area contributed by atoms with Crippen LogP contribution in [-0.2, 0) is 12.0 Å². The topological polar surface area (TPSA) is 44.8 Å². The van der Waals surface area contributed by atoms with Gasteiger partial charge in [0.1, 0.15) is 5.82 Å². The number of rotatable bonds is 5. The van der Waals surface area contributed by atoms with Crippen LogP contribution < -0.4 is 0 Å². The first-order valence-electron chi connectivity index (χ1n) is 7.55. The molecule has 2 aromatic rings. The lowest BCUT2D eigenvalue weighted by Crippen LogP contribution is -2.32. The first-order valence-corrected chi connectivity index (χ1v) is 7.55. The number of aryl methyl sites for hydroxylation is 1. The largest absolute Gasteiger partial charge is 0.298 e. The van der Waals surface area contributed by atoms with Gasteiger partial charge in [-0.25, -0.2) is 4.98 Å². The maximum atomic E-state index is 4.40. The van der Waals surface area contributed by atoms with Gasteiger partial charge < -0.3 is 0 Å². The van der Waals surface area contributed by atoms with Gasteiger partial charge in [0.25, 0.3) is 0 Å². The molecule has 1 saturated carbocycles. The van der Waals surface area contributed by atoms with E-state index in [9.17, 15) is 0 Å². The Hall–Kier alpha value is -1.68. The molecule has 4 heteroatoms. The molecule has 1 aliphatic rings. The molecule has 3 rings (SSSR count). The highest BCUT2D eigenvalue weighted by atomic mass is 15.2. The molecule has 1 aliphatic carbocycles. The van der Waals surface area contributed by atoms with Gasteiger partial charge in [0.15, 0.2) is 5.82 Å². The molecule has 1 heterocycles. The van der Waals surface area contributed by atoms with Gasteiger partial charge in [-0.15, -0.1) is 0 Å². The first kappa shape index (κ1) is 14.3. The number of nitrogens with zero attached hydrogens (tertiary/aromatic N) is 3. The van der Waals surface area contributed by atoms with Crippen LogP contribution in [-0.4, -0.2) is 33.7 Å². The number of benzene rings is 1. The van der Waals surface area contributed by atoms with E-state index in [4.69, 9.17) is 0 Å². The molecule has 1 N–H and O–H groups in total. The summed E-state index contributed by atoms with van der Waals surface area (Å²) in [5.41, 5.74) is 2.07. The second-order valence-corrected chi connectivity index (χ2v) is 7.02. The highest BCUT2D eigenvalue weighted by molar-refractivity contribution is 5.37. The normalized spacial score (nSPS) is 23.5. The summed E-state index contributed by atoms with van der Waals surface area (Å²) >= 11 is 0. The standard InChI is InChI=1S/C17H24N4/c1-13-18-15(20-19-13)10-21(4)12-17(11-16(17,2)3)14-8-6-5-7-9-14/h5-9H,10-12H2,1-4H3,(H,18,19,20)/t17-/m0/s1. The minimum atomic E-state index is 0.258. The maximum Gasteiger partial charge on any atom is 0.164 e. The van der Waals surface area contributed by atoms with Gasteiger partial charge in [-0.1, -0.05) is 44.2 Å². The summed E-state index contributed by atoms with van der Waals surface area (Å²) < 4.78 is 0. The molecule has 0 aliphatic heterocycles. The Balaban J connectivity index is 1.75. The SMILES string of the molecule is Cc1nc(CN(C)C[C@]2(c3ccccc3)CC2(C)C)n[nH]1. The highest BCUT2D eigenvalue weighted by Crippen LogP contribution is 2.64. The smallest absolute Gasteiger partial charge is 0.164 e. The molecule has 1 aromatic heterocycles. The molecule has 1 aromatic carbocycles. The third-order valence-electron chi connectivity index (χ3n) is 4.84. The third kappa shape index (κ3) is 2.60. The van der Waals surface area contributed by atoms with Crippen LogP contribution in [0.3, 0.4) is 0 Å². The lowest BCUT2D eigenvalue weighted by molar-refractivity contribution is 0.266. The minimum absolute atomic E-state index is 0.258. The number of likely N-dealkylation sites (N-methyl/N-ethyl adjacent to an activating group) is 1. The molecule has 0 unspecified atom stereocenters. The van der Waals surface area contributed by atoms with Crippen LogP contribution in [0.25, 0.3) is 0 Å². The number of hydrogen-bond acceptors (Lipinski definition) is 3. The van der Waals surface area contributed by atoms with Gasteiger partial charge in [-0.2, -0.15) is 5.10 Å². The molecule has 0 bridgehead atoms. The average molecular weight is 284 g/mol. The monoisotopic (exact) mass is 284 g/mol. The van der Waals surface area contributed by atoms with Crippen molar-refractivity contribution in [1.82, 2.24) is 20.1 Å². The van der Waals surface area contributed by atoms with Gasteiger partial charge in [0, 0.05) is 12.0 Å². The van der Waals surface area contributed by atoms with Crippen molar-refractivity contribution in [1.29, 1.82) is 0 Å². The second-order valence-electron chi connectivity index (χ2n) is 7.02. The van der Waals surface area contributed by atoms with Crippen LogP contribution in [0.15, 0.2) is 30.3 Å². The van der Waals surface area contributed by atoms with Crippen molar-refractivity contribution in [2.75, 3.05) is 13.6 Å². The fourth-order valence-electron chi connectivity index (χ4n) is 3.54. The molecule has 1 atom stereocenters. The summed E-state index contributed by atoms with van der Waals surface area (Å²) in [6.45, 7) is 8.49. The van der Waals surface area contributed by atoms with Crippen molar-refractivity contribution in [2.24, 2.45) is 5.41 Å². The summed E-state index contributed by atoms with van der Waals surface area (Å²) in [6.07, 6.45) is 1.24. The van der Waals surface area contributed by atoms with Gasteiger partial charge >= 0.3 is 0 Å². The lowest BCUT2D eigenvalue weighted by Gasteiger charge is -2.27. The molecular formula is C17H24N4. The van der Waals surface area contributed by atoms with Crippen LogP contribution in [0.5, 0.6) is 0 Å². The van der Waals surface area contributed by atoms with Crippen molar-refractivity contribution in [3.05, 3.63) is 47.5 Å². The van der Waals surface area contributed by atoms with E-state index in [1.54, 1.807) is 0 Å². The Morgan fingerprint density at radius 3 is 2.43 bits per heavy atom. The number of H-pyrrole nitrogens is 1. The van der Waals surface area contributed by atoms with E-state index in [-0.39, 0.29) is 5.41 Å². The zero-order chi connectivity index (χ0) is 15.1. The van der Waals surface area contributed by atoms with E-state index in [2.05, 4.69) is 71.3 Å². The number of nitrogens with one attached hydrogen (secondary N) is 1. The fourth-order valence-corrected chi connectivity index (χ4v) is 3.54. The first-order chi connectivity index (χ1) is 9.93. The number of hydrogen-bond donors (Lipinski definition) is 1. The molecule has 0 spiro atoms. The lowest BCUT2D eigenvalue weighted by atomic mass is 9.87. The van der Waals surface area contributed by atoms with Crippen LogP contribution in [0.4, 0.5) is 0 Å². The Morgan fingerprint density at radius 2 is 1.90 bits per heavy atom. The predicted octanol–water partition coefficient (Wildman–Crippen LogP) is 2.91. The highest BCUT2D eigenvalue weighted by Gasteiger charge is 2.61.